The average molecular weight is 587 g/mol. The van der Waals surface area contributed by atoms with Crippen LogP contribution >= 0.6 is 23.2 Å². The second kappa shape index (κ2) is 10.7. The van der Waals surface area contributed by atoms with Gasteiger partial charge in [-0.1, -0.05) is 59.6 Å². The number of likely N-dealkylation sites (tertiary alicyclic amines) is 1. The van der Waals surface area contributed by atoms with Crippen LogP contribution in [0.15, 0.2) is 90.0 Å². The fraction of sp³-hybridized carbons (Fsp3) is 0.219. The lowest BCUT2D eigenvalue weighted by atomic mass is 9.56. The Labute approximate surface area is 247 Å². The molecule has 1 unspecified atom stereocenters. The number of nitrogens with one attached hydrogen (secondary N) is 2. The van der Waals surface area contributed by atoms with Crippen LogP contribution in [0.3, 0.4) is 0 Å². The van der Waals surface area contributed by atoms with Crippen molar-refractivity contribution in [3.8, 4) is 6.07 Å². The number of halogens is 3. The third kappa shape index (κ3) is 4.67. The highest BCUT2D eigenvalue weighted by Gasteiger charge is 2.63. The number of hydrogen-bond acceptors (Lipinski definition) is 3. The zero-order chi connectivity index (χ0) is 28.7. The first-order valence-corrected chi connectivity index (χ1v) is 14.0. The first-order valence-electron chi connectivity index (χ1n) is 13.3. The number of piperidine rings is 1. The summed E-state index contributed by atoms with van der Waals surface area (Å²) in [6.07, 6.45) is 6.84. The first-order chi connectivity index (χ1) is 19.8. The van der Waals surface area contributed by atoms with Gasteiger partial charge in [0.1, 0.15) is 11.2 Å². The van der Waals surface area contributed by atoms with Crippen molar-refractivity contribution in [3.63, 3.8) is 0 Å². The third-order valence-corrected chi connectivity index (χ3v) is 8.83. The topological polar surface area (TPSA) is 85.2 Å². The smallest absolute Gasteiger partial charge is 0.322 e. The Morgan fingerprint density at radius 2 is 1.95 bits per heavy atom. The SMILES string of the molecule is N#Cc1cccc(NC(=O)N2CC[C@@H](C3C=CC=C(Cl)C3)[C@]3(C(=O)Nc4cc(Cl)ccc43)[C@H]2c2cccc(F)c2)c1. The van der Waals surface area contributed by atoms with Gasteiger partial charge in [0.25, 0.3) is 0 Å². The molecule has 2 aliphatic heterocycles. The van der Waals surface area contributed by atoms with Crippen molar-refractivity contribution in [1.82, 2.24) is 4.90 Å². The maximum Gasteiger partial charge on any atom is 0.322 e. The van der Waals surface area contributed by atoms with Gasteiger partial charge in [0.2, 0.25) is 5.91 Å². The van der Waals surface area contributed by atoms with E-state index in [-0.39, 0.29) is 17.7 Å². The van der Waals surface area contributed by atoms with Crippen molar-refractivity contribution in [3.05, 3.63) is 118 Å². The summed E-state index contributed by atoms with van der Waals surface area (Å²) in [7, 11) is 0. The van der Waals surface area contributed by atoms with Gasteiger partial charge in [-0.15, -0.1) is 0 Å². The predicted molar refractivity (Wildman–Crippen MR) is 157 cm³/mol. The average Bonchev–Trinajstić information content (AvgIpc) is 3.23. The van der Waals surface area contributed by atoms with E-state index in [0.717, 1.165) is 0 Å². The summed E-state index contributed by atoms with van der Waals surface area (Å²) >= 11 is 12.8. The van der Waals surface area contributed by atoms with E-state index in [1.807, 2.05) is 18.2 Å². The molecular weight excluding hydrogens is 562 g/mol. The number of urea groups is 1. The van der Waals surface area contributed by atoms with E-state index in [0.29, 0.717) is 57.5 Å². The van der Waals surface area contributed by atoms with Crippen LogP contribution in [0.4, 0.5) is 20.6 Å². The number of benzene rings is 3. The predicted octanol–water partition coefficient (Wildman–Crippen LogP) is 7.53. The van der Waals surface area contributed by atoms with Gasteiger partial charge in [0, 0.05) is 28.0 Å². The maximum atomic E-state index is 14.8. The lowest BCUT2D eigenvalue weighted by Crippen LogP contribution is -2.60. The molecule has 3 aliphatic rings. The second-order valence-corrected chi connectivity index (χ2v) is 11.5. The summed E-state index contributed by atoms with van der Waals surface area (Å²) in [6, 6.07) is 18.7. The molecule has 6 nitrogen and oxygen atoms in total. The summed E-state index contributed by atoms with van der Waals surface area (Å²) < 4.78 is 14.8. The summed E-state index contributed by atoms with van der Waals surface area (Å²) in [4.78, 5) is 30.1. The van der Waals surface area contributed by atoms with Crippen LogP contribution in [0.2, 0.25) is 5.02 Å². The molecule has 1 saturated heterocycles. The Morgan fingerprint density at radius 1 is 1.12 bits per heavy atom. The molecule has 0 saturated carbocycles. The molecule has 2 heterocycles. The molecule has 41 heavy (non-hydrogen) atoms. The molecule has 0 radical (unpaired) electrons. The van der Waals surface area contributed by atoms with E-state index in [9.17, 15) is 19.2 Å². The van der Waals surface area contributed by atoms with Crippen LogP contribution in [-0.4, -0.2) is 23.4 Å². The van der Waals surface area contributed by atoms with Crippen molar-refractivity contribution in [2.24, 2.45) is 11.8 Å². The molecule has 1 spiro atoms. The molecule has 1 aliphatic carbocycles. The fourth-order valence-corrected chi connectivity index (χ4v) is 7.17. The number of anilines is 2. The number of amides is 3. The van der Waals surface area contributed by atoms with Crippen molar-refractivity contribution in [2.45, 2.75) is 24.3 Å². The van der Waals surface area contributed by atoms with E-state index < -0.39 is 23.3 Å². The lowest BCUT2D eigenvalue weighted by Gasteiger charge is -2.53. The van der Waals surface area contributed by atoms with E-state index in [4.69, 9.17) is 23.2 Å². The van der Waals surface area contributed by atoms with Crippen LogP contribution in [0.25, 0.3) is 0 Å². The zero-order valence-corrected chi connectivity index (χ0v) is 23.3. The zero-order valence-electron chi connectivity index (χ0n) is 21.8. The van der Waals surface area contributed by atoms with Crippen molar-refractivity contribution in [2.75, 3.05) is 17.2 Å². The van der Waals surface area contributed by atoms with E-state index in [1.54, 1.807) is 53.4 Å². The Kier molecular flexibility index (Phi) is 7.06. The van der Waals surface area contributed by atoms with Gasteiger partial charge in [-0.05, 0) is 84.3 Å². The summed E-state index contributed by atoms with van der Waals surface area (Å²) in [5.74, 6) is -1.13. The number of carbonyl (C=O) groups excluding carboxylic acids is 2. The molecule has 206 valence electrons. The Bertz CT molecular complexity index is 1670. The van der Waals surface area contributed by atoms with Crippen LogP contribution in [0.5, 0.6) is 0 Å². The highest BCUT2D eigenvalue weighted by Crippen LogP contribution is 2.59. The second-order valence-electron chi connectivity index (χ2n) is 10.5. The molecule has 3 aromatic carbocycles. The number of carbonyl (C=O) groups is 2. The normalized spacial score (nSPS) is 24.8. The number of rotatable bonds is 3. The van der Waals surface area contributed by atoms with Gasteiger partial charge in [-0.25, -0.2) is 9.18 Å². The largest absolute Gasteiger partial charge is 0.325 e. The first kappa shape index (κ1) is 27.1. The third-order valence-electron chi connectivity index (χ3n) is 8.31. The van der Waals surface area contributed by atoms with Crippen molar-refractivity contribution in [1.29, 1.82) is 5.26 Å². The van der Waals surface area contributed by atoms with Crippen LogP contribution < -0.4 is 10.6 Å². The van der Waals surface area contributed by atoms with E-state index in [1.165, 1.54) is 12.1 Å². The van der Waals surface area contributed by atoms with Gasteiger partial charge in [0.15, 0.2) is 0 Å². The maximum absolute atomic E-state index is 14.8. The summed E-state index contributed by atoms with van der Waals surface area (Å²) in [6.45, 7) is 0.305. The quantitative estimate of drug-likeness (QED) is 0.332. The molecule has 6 rings (SSSR count). The standard InChI is InChI=1S/C32H25Cl2FN4O2/c33-22-7-2-5-20(15-22)26-12-13-39(31(41)37-25-9-1-4-19(14-25)18-36)29(21-6-3-8-24(35)16-21)32(26)27-11-10-23(34)17-28(27)38-30(32)40/h1-11,14,16-17,20,26,29H,12-13,15H2,(H,37,41)(H,38,40)/t20?,26-,29+,32+/m0/s1. The molecule has 0 bridgehead atoms. The number of fused-ring (bicyclic) bond motifs is 2. The molecule has 4 atom stereocenters. The van der Waals surface area contributed by atoms with Gasteiger partial charge >= 0.3 is 6.03 Å². The minimum Gasteiger partial charge on any atom is -0.325 e. The van der Waals surface area contributed by atoms with Gasteiger partial charge < -0.3 is 15.5 Å². The van der Waals surface area contributed by atoms with Gasteiger partial charge in [-0.2, -0.15) is 5.26 Å². The Hall–Kier alpha value is -4.12. The molecule has 1 fully saturated rings. The molecule has 3 amide bonds. The molecule has 9 heteroatoms. The van der Waals surface area contributed by atoms with Crippen molar-refractivity contribution < 1.29 is 14.0 Å². The lowest BCUT2D eigenvalue weighted by molar-refractivity contribution is -0.129. The summed E-state index contributed by atoms with van der Waals surface area (Å²) in [5.41, 5.74) is 1.33. The molecular formula is C32H25Cl2FN4O2. The highest BCUT2D eigenvalue weighted by atomic mass is 35.5. The van der Waals surface area contributed by atoms with E-state index in [2.05, 4.69) is 22.8 Å². The minimum atomic E-state index is -1.28. The van der Waals surface area contributed by atoms with Gasteiger partial charge in [0.05, 0.1) is 17.7 Å². The fourth-order valence-electron chi connectivity index (χ4n) is 6.74. The van der Waals surface area contributed by atoms with E-state index >= 15 is 0 Å². The van der Waals surface area contributed by atoms with Crippen LogP contribution in [-0.2, 0) is 10.2 Å². The number of hydrogen-bond donors (Lipinski definition) is 2. The molecule has 2 N–H and O–H groups in total. The summed E-state index contributed by atoms with van der Waals surface area (Å²) in [5, 5.41) is 16.4. The van der Waals surface area contributed by atoms with Gasteiger partial charge in [-0.3, -0.25) is 4.79 Å². The van der Waals surface area contributed by atoms with Crippen LogP contribution in [0.1, 0.15) is 35.6 Å². The van der Waals surface area contributed by atoms with Crippen molar-refractivity contribution >= 4 is 46.5 Å². The highest BCUT2D eigenvalue weighted by molar-refractivity contribution is 6.31. The number of allylic oxidation sites excluding steroid dienone is 4. The Balaban J connectivity index is 1.54. The number of nitriles is 1. The molecule has 0 aromatic heterocycles. The molecule has 3 aromatic rings. The number of nitrogens with zero attached hydrogens (tertiary/aromatic N) is 2. The monoisotopic (exact) mass is 586 g/mol. The van der Waals surface area contributed by atoms with Crippen LogP contribution in [0, 0.1) is 29.0 Å². The Morgan fingerprint density at radius 3 is 2.73 bits per heavy atom. The minimum absolute atomic E-state index is 0.103.